The molecule has 80 valence electrons. The molecule has 0 radical (unpaired) electrons. The lowest BCUT2D eigenvalue weighted by Crippen LogP contribution is -2.12. The predicted octanol–water partition coefficient (Wildman–Crippen LogP) is 3.14. The van der Waals surface area contributed by atoms with Crippen molar-refractivity contribution >= 4 is 22.9 Å². The van der Waals surface area contributed by atoms with E-state index in [1.54, 1.807) is 11.3 Å². The standard InChI is InChI=1S/C13H11NOS/c1-8-6-7-16-12(8)11-9-4-2-3-5-10(9)14-13(11)15/h2-7,11H,1H3,(H,14,15). The molecule has 1 amide bonds. The zero-order chi connectivity index (χ0) is 11.1. The monoisotopic (exact) mass is 229 g/mol. The Labute approximate surface area is 97.9 Å². The van der Waals surface area contributed by atoms with Gasteiger partial charge in [0.2, 0.25) is 5.91 Å². The number of hydrogen-bond donors (Lipinski definition) is 1. The van der Waals surface area contributed by atoms with E-state index in [2.05, 4.69) is 18.3 Å². The van der Waals surface area contributed by atoms with E-state index >= 15 is 0 Å². The highest BCUT2D eigenvalue weighted by atomic mass is 32.1. The zero-order valence-electron chi connectivity index (χ0n) is 8.86. The van der Waals surface area contributed by atoms with E-state index in [1.165, 1.54) is 5.56 Å². The highest BCUT2D eigenvalue weighted by Gasteiger charge is 2.33. The number of aryl methyl sites for hydroxylation is 1. The van der Waals surface area contributed by atoms with Crippen molar-refractivity contribution < 1.29 is 4.79 Å². The van der Waals surface area contributed by atoms with Crippen molar-refractivity contribution in [3.63, 3.8) is 0 Å². The van der Waals surface area contributed by atoms with Gasteiger partial charge in [-0.1, -0.05) is 18.2 Å². The van der Waals surface area contributed by atoms with Crippen molar-refractivity contribution in [1.82, 2.24) is 0 Å². The van der Waals surface area contributed by atoms with Gasteiger partial charge in [-0.05, 0) is 35.6 Å². The quantitative estimate of drug-likeness (QED) is 0.799. The predicted molar refractivity (Wildman–Crippen MR) is 66.0 cm³/mol. The Morgan fingerprint density at radius 2 is 2.06 bits per heavy atom. The molecule has 2 heterocycles. The molecule has 1 aromatic heterocycles. The maximum absolute atomic E-state index is 12.0. The molecule has 0 fully saturated rings. The smallest absolute Gasteiger partial charge is 0.237 e. The van der Waals surface area contributed by atoms with Crippen LogP contribution in [0, 0.1) is 6.92 Å². The zero-order valence-corrected chi connectivity index (χ0v) is 9.67. The number of hydrogen-bond acceptors (Lipinski definition) is 2. The second-order valence-electron chi connectivity index (χ2n) is 3.98. The van der Waals surface area contributed by atoms with E-state index in [1.807, 2.05) is 29.6 Å². The molecule has 0 spiro atoms. The first-order valence-corrected chi connectivity index (χ1v) is 6.09. The molecule has 3 rings (SSSR count). The molecule has 1 aliphatic heterocycles. The van der Waals surface area contributed by atoms with Gasteiger partial charge in [0.1, 0.15) is 0 Å². The van der Waals surface area contributed by atoms with Crippen molar-refractivity contribution in [3.8, 4) is 0 Å². The Morgan fingerprint density at radius 1 is 1.25 bits per heavy atom. The second-order valence-corrected chi connectivity index (χ2v) is 4.93. The van der Waals surface area contributed by atoms with E-state index in [-0.39, 0.29) is 11.8 Å². The largest absolute Gasteiger partial charge is 0.325 e. The molecular formula is C13H11NOS. The van der Waals surface area contributed by atoms with Crippen molar-refractivity contribution in [2.45, 2.75) is 12.8 Å². The summed E-state index contributed by atoms with van der Waals surface area (Å²) < 4.78 is 0. The number of thiophene rings is 1. The molecule has 1 aromatic carbocycles. The first kappa shape index (κ1) is 9.60. The number of carbonyl (C=O) groups is 1. The molecule has 1 unspecified atom stereocenters. The van der Waals surface area contributed by atoms with Gasteiger partial charge in [-0.15, -0.1) is 11.3 Å². The summed E-state index contributed by atoms with van der Waals surface area (Å²) in [6.07, 6.45) is 0. The highest BCUT2D eigenvalue weighted by Crippen LogP contribution is 2.40. The lowest BCUT2D eigenvalue weighted by Gasteiger charge is -2.07. The molecule has 16 heavy (non-hydrogen) atoms. The van der Waals surface area contributed by atoms with E-state index in [0.717, 1.165) is 16.1 Å². The average molecular weight is 229 g/mol. The number of anilines is 1. The van der Waals surface area contributed by atoms with Gasteiger partial charge in [0.05, 0.1) is 5.92 Å². The molecule has 1 atom stereocenters. The molecule has 1 aliphatic rings. The molecule has 0 aliphatic carbocycles. The molecule has 0 saturated carbocycles. The van der Waals surface area contributed by atoms with Crippen molar-refractivity contribution in [1.29, 1.82) is 0 Å². The summed E-state index contributed by atoms with van der Waals surface area (Å²) in [4.78, 5) is 13.1. The van der Waals surface area contributed by atoms with Crippen LogP contribution in [0.3, 0.4) is 0 Å². The van der Waals surface area contributed by atoms with E-state index in [0.29, 0.717) is 0 Å². The normalized spacial score (nSPS) is 18.3. The van der Waals surface area contributed by atoms with E-state index < -0.39 is 0 Å². The van der Waals surface area contributed by atoms with Crippen LogP contribution >= 0.6 is 11.3 Å². The third-order valence-electron chi connectivity index (χ3n) is 2.96. The minimum atomic E-state index is -0.115. The lowest BCUT2D eigenvalue weighted by atomic mass is 9.97. The summed E-state index contributed by atoms with van der Waals surface area (Å²) in [6, 6.07) is 9.97. The lowest BCUT2D eigenvalue weighted by molar-refractivity contribution is -0.116. The fourth-order valence-electron chi connectivity index (χ4n) is 2.15. The van der Waals surface area contributed by atoms with Crippen LogP contribution in [0.4, 0.5) is 5.69 Å². The maximum atomic E-state index is 12.0. The van der Waals surface area contributed by atoms with Gasteiger partial charge in [0.15, 0.2) is 0 Å². The van der Waals surface area contributed by atoms with Gasteiger partial charge in [-0.25, -0.2) is 0 Å². The van der Waals surface area contributed by atoms with E-state index in [9.17, 15) is 4.79 Å². The van der Waals surface area contributed by atoms with Crippen LogP contribution in [0.2, 0.25) is 0 Å². The number of rotatable bonds is 1. The molecule has 2 nitrogen and oxygen atoms in total. The summed E-state index contributed by atoms with van der Waals surface area (Å²) in [5.41, 5.74) is 3.24. The Balaban J connectivity index is 2.16. The van der Waals surface area contributed by atoms with Crippen LogP contribution in [0.1, 0.15) is 21.9 Å². The minimum Gasteiger partial charge on any atom is -0.325 e. The van der Waals surface area contributed by atoms with Crippen molar-refractivity contribution in [2.24, 2.45) is 0 Å². The van der Waals surface area contributed by atoms with Gasteiger partial charge in [-0.2, -0.15) is 0 Å². The van der Waals surface area contributed by atoms with Gasteiger partial charge in [0, 0.05) is 10.6 Å². The van der Waals surface area contributed by atoms with Crippen LogP contribution in [0.5, 0.6) is 0 Å². The molecule has 3 heteroatoms. The summed E-state index contributed by atoms with van der Waals surface area (Å²) in [5, 5.41) is 4.97. The Hall–Kier alpha value is -1.61. The number of nitrogens with one attached hydrogen (secondary N) is 1. The number of carbonyl (C=O) groups excluding carboxylic acids is 1. The Bertz CT molecular complexity index is 559. The summed E-state index contributed by atoms with van der Waals surface area (Å²) >= 11 is 1.65. The first-order valence-electron chi connectivity index (χ1n) is 5.21. The van der Waals surface area contributed by atoms with E-state index in [4.69, 9.17) is 0 Å². The van der Waals surface area contributed by atoms with Gasteiger partial charge in [0.25, 0.3) is 0 Å². The fourth-order valence-corrected chi connectivity index (χ4v) is 3.19. The summed E-state index contributed by atoms with van der Waals surface area (Å²) in [6.45, 7) is 2.06. The third-order valence-corrected chi connectivity index (χ3v) is 4.04. The average Bonchev–Trinajstić information content (AvgIpc) is 2.81. The first-order chi connectivity index (χ1) is 7.77. The molecule has 0 saturated heterocycles. The number of amides is 1. The molecule has 0 bridgehead atoms. The van der Waals surface area contributed by atoms with Crippen LogP contribution in [-0.2, 0) is 4.79 Å². The van der Waals surface area contributed by atoms with Crippen LogP contribution < -0.4 is 5.32 Å². The van der Waals surface area contributed by atoms with Crippen molar-refractivity contribution in [3.05, 3.63) is 51.7 Å². The number of fused-ring (bicyclic) bond motifs is 1. The Kier molecular flexibility index (Phi) is 2.07. The Morgan fingerprint density at radius 3 is 2.81 bits per heavy atom. The maximum Gasteiger partial charge on any atom is 0.237 e. The molecule has 1 N–H and O–H groups in total. The third kappa shape index (κ3) is 1.28. The van der Waals surface area contributed by atoms with Crippen LogP contribution in [0.25, 0.3) is 0 Å². The van der Waals surface area contributed by atoms with Crippen LogP contribution in [0.15, 0.2) is 35.7 Å². The van der Waals surface area contributed by atoms with Gasteiger partial charge in [-0.3, -0.25) is 4.79 Å². The molecular weight excluding hydrogens is 218 g/mol. The van der Waals surface area contributed by atoms with Gasteiger partial charge < -0.3 is 5.32 Å². The fraction of sp³-hybridized carbons (Fsp3) is 0.154. The van der Waals surface area contributed by atoms with Crippen LogP contribution in [-0.4, -0.2) is 5.91 Å². The van der Waals surface area contributed by atoms with Crippen molar-refractivity contribution in [2.75, 3.05) is 5.32 Å². The second kappa shape index (κ2) is 3.46. The number of para-hydroxylation sites is 1. The highest BCUT2D eigenvalue weighted by molar-refractivity contribution is 7.10. The molecule has 2 aromatic rings. The van der Waals surface area contributed by atoms with Gasteiger partial charge >= 0.3 is 0 Å². The minimum absolute atomic E-state index is 0.0896. The SMILES string of the molecule is Cc1ccsc1C1C(=O)Nc2ccccc21. The number of benzene rings is 1. The topological polar surface area (TPSA) is 29.1 Å². The summed E-state index contributed by atoms with van der Waals surface area (Å²) in [5.74, 6) is -0.0250. The summed E-state index contributed by atoms with van der Waals surface area (Å²) in [7, 11) is 0.